The third-order valence-electron chi connectivity index (χ3n) is 1.20. The zero-order valence-electron chi connectivity index (χ0n) is 6.91. The number of ether oxygens (including phenoxy) is 1. The second-order valence-electron chi connectivity index (χ2n) is 2.29. The molecule has 0 radical (unpaired) electrons. The molecular weight excluding hydrogens is 204 g/mol. The van der Waals surface area contributed by atoms with Crippen molar-refractivity contribution >= 4 is 25.7 Å². The number of esters is 1. The van der Waals surface area contributed by atoms with Crippen molar-refractivity contribution in [1.29, 1.82) is 0 Å². The van der Waals surface area contributed by atoms with Crippen LogP contribution in [0.2, 0.25) is 0 Å². The topological polar surface area (TPSA) is 60.4 Å². The van der Waals surface area contributed by atoms with E-state index in [0.29, 0.717) is 6.42 Å². The van der Waals surface area contributed by atoms with Gasteiger partial charge in [0.1, 0.15) is 0 Å². The molecule has 4 nitrogen and oxygen atoms in total. The molecule has 0 saturated heterocycles. The summed E-state index contributed by atoms with van der Waals surface area (Å²) in [4.78, 5) is 10.9. The molecule has 0 aliphatic carbocycles. The highest BCUT2D eigenvalue weighted by atomic mass is 35.7. The van der Waals surface area contributed by atoms with Gasteiger partial charge < -0.3 is 4.74 Å². The first-order valence-corrected chi connectivity index (χ1v) is 5.87. The van der Waals surface area contributed by atoms with Crippen LogP contribution in [0, 0.1) is 0 Å². The molecule has 0 aromatic carbocycles. The molecule has 0 aliphatic rings. The summed E-state index contributed by atoms with van der Waals surface area (Å²) in [6.45, 7) is 3.23. The summed E-state index contributed by atoms with van der Waals surface area (Å²) in [7, 11) is 1.09. The van der Waals surface area contributed by atoms with Gasteiger partial charge in [-0.25, -0.2) is 8.42 Å². The molecule has 0 rings (SSSR count). The van der Waals surface area contributed by atoms with E-state index in [-0.39, 0.29) is 6.61 Å². The van der Waals surface area contributed by atoms with Gasteiger partial charge in [-0.15, -0.1) is 0 Å². The van der Waals surface area contributed by atoms with Crippen molar-refractivity contribution in [3.8, 4) is 0 Å². The Morgan fingerprint density at radius 2 is 2.08 bits per heavy atom. The molecule has 1 atom stereocenters. The van der Waals surface area contributed by atoms with Crippen molar-refractivity contribution < 1.29 is 17.9 Å². The maximum Gasteiger partial charge on any atom is 0.325 e. The van der Waals surface area contributed by atoms with Crippen LogP contribution in [-0.2, 0) is 18.6 Å². The van der Waals surface area contributed by atoms with Crippen molar-refractivity contribution in [3.63, 3.8) is 0 Å². The Morgan fingerprint density at radius 1 is 1.58 bits per heavy atom. The molecule has 0 aliphatic heterocycles. The first kappa shape index (κ1) is 11.7. The van der Waals surface area contributed by atoms with Crippen LogP contribution in [0.15, 0.2) is 0 Å². The number of hydrogen-bond donors (Lipinski definition) is 0. The van der Waals surface area contributed by atoms with Gasteiger partial charge in [0.2, 0.25) is 9.05 Å². The smallest absolute Gasteiger partial charge is 0.325 e. The highest BCUT2D eigenvalue weighted by molar-refractivity contribution is 8.14. The van der Waals surface area contributed by atoms with E-state index in [1.165, 1.54) is 6.92 Å². The number of hydrogen-bond acceptors (Lipinski definition) is 4. The van der Waals surface area contributed by atoms with Crippen LogP contribution in [0.5, 0.6) is 0 Å². The van der Waals surface area contributed by atoms with E-state index >= 15 is 0 Å². The summed E-state index contributed by atoms with van der Waals surface area (Å²) in [5.41, 5.74) is 0. The maximum absolute atomic E-state index is 10.9. The lowest BCUT2D eigenvalue weighted by atomic mass is 10.5. The summed E-state index contributed by atoms with van der Waals surface area (Å²) >= 11 is 0. The first-order chi connectivity index (χ1) is 5.39. The zero-order chi connectivity index (χ0) is 9.78. The zero-order valence-corrected chi connectivity index (χ0v) is 8.48. The number of halogens is 1. The minimum absolute atomic E-state index is 0.218. The number of rotatable bonds is 4. The van der Waals surface area contributed by atoms with E-state index in [4.69, 9.17) is 10.7 Å². The Bertz CT molecular complexity index is 246. The lowest BCUT2D eigenvalue weighted by molar-refractivity contribution is -0.142. The van der Waals surface area contributed by atoms with Crippen LogP contribution >= 0.6 is 10.7 Å². The molecular formula is C6H11ClO4S. The van der Waals surface area contributed by atoms with Gasteiger partial charge in [0, 0.05) is 10.7 Å². The molecule has 6 heteroatoms. The lowest BCUT2D eigenvalue weighted by Gasteiger charge is -2.06. The second kappa shape index (κ2) is 4.67. The molecule has 0 aromatic rings. The van der Waals surface area contributed by atoms with Crippen LogP contribution in [0.4, 0.5) is 0 Å². The third kappa shape index (κ3) is 3.92. The van der Waals surface area contributed by atoms with E-state index in [9.17, 15) is 13.2 Å². The molecule has 0 N–H and O–H groups in total. The monoisotopic (exact) mass is 214 g/mol. The van der Waals surface area contributed by atoms with Gasteiger partial charge in [-0.3, -0.25) is 4.79 Å². The number of carbonyl (C=O) groups excluding carboxylic acids is 1. The van der Waals surface area contributed by atoms with Crippen molar-refractivity contribution in [2.45, 2.75) is 25.5 Å². The van der Waals surface area contributed by atoms with E-state index in [0.717, 1.165) is 0 Å². The van der Waals surface area contributed by atoms with Gasteiger partial charge in [0.15, 0.2) is 5.25 Å². The van der Waals surface area contributed by atoms with Gasteiger partial charge in [-0.1, -0.05) is 6.92 Å². The molecule has 0 bridgehead atoms. The largest absolute Gasteiger partial charge is 0.465 e. The molecule has 0 spiro atoms. The summed E-state index contributed by atoms with van der Waals surface area (Å²) in [5, 5.41) is -1.29. The van der Waals surface area contributed by atoms with E-state index in [2.05, 4.69) is 4.74 Å². The fraction of sp³-hybridized carbons (Fsp3) is 0.833. The summed E-state index contributed by atoms with van der Waals surface area (Å²) in [6.07, 6.45) is 0.654. The maximum atomic E-state index is 10.9. The summed E-state index contributed by atoms with van der Waals surface area (Å²) < 4.78 is 25.8. The minimum Gasteiger partial charge on any atom is -0.465 e. The Morgan fingerprint density at radius 3 is 2.42 bits per heavy atom. The average Bonchev–Trinajstić information content (AvgIpc) is 1.97. The average molecular weight is 215 g/mol. The van der Waals surface area contributed by atoms with Gasteiger partial charge in [0.05, 0.1) is 6.61 Å². The van der Waals surface area contributed by atoms with Crippen LogP contribution in [0.25, 0.3) is 0 Å². The van der Waals surface area contributed by atoms with Gasteiger partial charge >= 0.3 is 5.97 Å². The molecule has 0 amide bonds. The normalized spacial score (nSPS) is 13.9. The quantitative estimate of drug-likeness (QED) is 0.515. The Balaban J connectivity index is 4.12. The van der Waals surface area contributed by atoms with Gasteiger partial charge in [-0.2, -0.15) is 0 Å². The molecule has 0 aromatic heterocycles. The molecule has 1 unspecified atom stereocenters. The van der Waals surface area contributed by atoms with Crippen molar-refractivity contribution in [3.05, 3.63) is 0 Å². The second-order valence-corrected chi connectivity index (χ2v) is 5.23. The molecule has 0 saturated carbocycles. The molecule has 72 valence electrons. The molecule has 0 fully saturated rings. The SMILES string of the molecule is CCCOC(=O)C(C)S(=O)(=O)Cl. The molecule has 0 heterocycles. The first-order valence-electron chi connectivity index (χ1n) is 3.49. The van der Waals surface area contributed by atoms with E-state index < -0.39 is 20.3 Å². The van der Waals surface area contributed by atoms with E-state index in [1.54, 1.807) is 0 Å². The summed E-state index contributed by atoms with van der Waals surface area (Å²) in [5.74, 6) is -0.799. The Labute approximate surface area is 76.3 Å². The van der Waals surface area contributed by atoms with Crippen LogP contribution < -0.4 is 0 Å². The Hall–Kier alpha value is -0.290. The lowest BCUT2D eigenvalue weighted by Crippen LogP contribution is -2.25. The molecule has 12 heavy (non-hydrogen) atoms. The van der Waals surface area contributed by atoms with Crippen molar-refractivity contribution in [2.24, 2.45) is 0 Å². The van der Waals surface area contributed by atoms with Gasteiger partial charge in [0.25, 0.3) is 0 Å². The van der Waals surface area contributed by atoms with Crippen molar-refractivity contribution in [1.82, 2.24) is 0 Å². The van der Waals surface area contributed by atoms with Crippen LogP contribution in [0.1, 0.15) is 20.3 Å². The fourth-order valence-corrected chi connectivity index (χ4v) is 0.951. The van der Waals surface area contributed by atoms with Crippen LogP contribution in [-0.4, -0.2) is 26.2 Å². The highest BCUT2D eigenvalue weighted by Gasteiger charge is 2.26. The minimum atomic E-state index is -3.83. The van der Waals surface area contributed by atoms with Crippen LogP contribution in [0.3, 0.4) is 0 Å². The van der Waals surface area contributed by atoms with E-state index in [1.807, 2.05) is 6.92 Å². The predicted octanol–water partition coefficient (Wildman–Crippen LogP) is 0.897. The van der Waals surface area contributed by atoms with Gasteiger partial charge in [-0.05, 0) is 13.3 Å². The third-order valence-corrected chi connectivity index (χ3v) is 3.04. The number of carbonyl (C=O) groups is 1. The van der Waals surface area contributed by atoms with Crippen molar-refractivity contribution in [2.75, 3.05) is 6.61 Å². The Kier molecular flexibility index (Phi) is 4.55. The predicted molar refractivity (Wildman–Crippen MR) is 45.5 cm³/mol. The summed E-state index contributed by atoms with van der Waals surface area (Å²) in [6, 6.07) is 0. The highest BCUT2D eigenvalue weighted by Crippen LogP contribution is 2.08. The fourth-order valence-electron chi connectivity index (χ4n) is 0.435. The standard InChI is InChI=1S/C6H11ClO4S/c1-3-4-11-6(8)5(2)12(7,9)10/h5H,3-4H2,1-2H3.